The lowest BCUT2D eigenvalue weighted by atomic mass is 9.98. The number of nitrogens with zero attached hydrogens (tertiary/aromatic N) is 4. The monoisotopic (exact) mass is 633 g/mol. The molecule has 1 fully saturated rings. The number of imidazole rings is 1. The van der Waals surface area contributed by atoms with Crippen molar-refractivity contribution in [3.63, 3.8) is 0 Å². The van der Waals surface area contributed by atoms with Gasteiger partial charge in [-0.1, -0.05) is 0 Å². The number of ether oxygens (including phenoxy) is 1. The van der Waals surface area contributed by atoms with Gasteiger partial charge in [-0.2, -0.15) is 0 Å². The summed E-state index contributed by atoms with van der Waals surface area (Å²) in [5, 5.41) is 12.8. The summed E-state index contributed by atoms with van der Waals surface area (Å²) in [6, 6.07) is 7.77. The van der Waals surface area contributed by atoms with E-state index in [9.17, 15) is 23.9 Å². The van der Waals surface area contributed by atoms with Crippen LogP contribution < -0.4 is 15.8 Å². The molecule has 0 bridgehead atoms. The van der Waals surface area contributed by atoms with Crippen LogP contribution in [0.1, 0.15) is 28.5 Å². The molecule has 0 aliphatic carbocycles. The van der Waals surface area contributed by atoms with E-state index < -0.39 is 40.9 Å². The van der Waals surface area contributed by atoms with E-state index >= 15 is 8.78 Å². The van der Waals surface area contributed by atoms with Gasteiger partial charge in [-0.25, -0.2) is 22.9 Å². The number of carbonyl (C=O) groups excluding carboxylic acids is 1. The lowest BCUT2D eigenvalue weighted by Gasteiger charge is -2.35. The van der Waals surface area contributed by atoms with Gasteiger partial charge in [-0.3, -0.25) is 9.59 Å². The molecule has 1 aliphatic heterocycles. The third-order valence-electron chi connectivity index (χ3n) is 8.49. The zero-order valence-electron chi connectivity index (χ0n) is 25.2. The third-order valence-corrected chi connectivity index (χ3v) is 8.49. The molecule has 2 aromatic carbocycles. The quantitative estimate of drug-likeness (QED) is 0.276. The highest BCUT2D eigenvalue weighted by Gasteiger charge is 2.29. The SMILES string of the molecule is Cc1c(-c2ccc(C[C@H](NC(=O)c3c(F)cc(N4CCOC[C@H]4C)cc3F)C(=O)O)n3ccnc23)c(=O)n(C)c2ccc(F)cc12. The molecule has 1 saturated heterocycles. The average Bonchev–Trinajstić information content (AvgIpc) is 3.51. The molecule has 13 heteroatoms. The van der Waals surface area contributed by atoms with Crippen LogP contribution in [0.2, 0.25) is 0 Å². The van der Waals surface area contributed by atoms with Gasteiger partial charge in [0.1, 0.15) is 34.7 Å². The Kier molecular flexibility index (Phi) is 8.03. The molecule has 0 spiro atoms. The van der Waals surface area contributed by atoms with Crippen LogP contribution in [0, 0.1) is 24.4 Å². The molecule has 2 N–H and O–H groups in total. The van der Waals surface area contributed by atoms with Gasteiger partial charge in [-0.15, -0.1) is 0 Å². The third kappa shape index (κ3) is 5.36. The molecule has 6 rings (SSSR count). The number of nitrogens with one attached hydrogen (secondary N) is 1. The van der Waals surface area contributed by atoms with Gasteiger partial charge >= 0.3 is 5.97 Å². The number of carbonyl (C=O) groups is 2. The Hall–Kier alpha value is -5.17. The van der Waals surface area contributed by atoms with E-state index in [2.05, 4.69) is 10.3 Å². The number of hydrogen-bond donors (Lipinski definition) is 2. The summed E-state index contributed by atoms with van der Waals surface area (Å²) >= 11 is 0. The maximum absolute atomic E-state index is 15.1. The molecule has 5 aromatic rings. The number of halogens is 3. The second-order valence-corrected chi connectivity index (χ2v) is 11.4. The lowest BCUT2D eigenvalue weighted by molar-refractivity contribution is -0.139. The molecular formula is C33H30F3N5O5. The van der Waals surface area contributed by atoms with E-state index in [-0.39, 0.29) is 23.7 Å². The second kappa shape index (κ2) is 12.0. The number of aliphatic carboxylic acids is 1. The smallest absolute Gasteiger partial charge is 0.326 e. The van der Waals surface area contributed by atoms with Crippen molar-refractivity contribution in [2.24, 2.45) is 7.05 Å². The second-order valence-electron chi connectivity index (χ2n) is 11.4. The van der Waals surface area contributed by atoms with Crippen molar-refractivity contribution in [2.75, 3.05) is 24.7 Å². The summed E-state index contributed by atoms with van der Waals surface area (Å²) in [6.07, 6.45) is 2.76. The van der Waals surface area contributed by atoms with E-state index in [1.807, 2.05) is 6.92 Å². The van der Waals surface area contributed by atoms with Crippen molar-refractivity contribution in [3.8, 4) is 11.1 Å². The minimum absolute atomic E-state index is 0.133. The molecule has 46 heavy (non-hydrogen) atoms. The fourth-order valence-corrected chi connectivity index (χ4v) is 6.11. The van der Waals surface area contributed by atoms with Crippen molar-refractivity contribution in [1.82, 2.24) is 19.3 Å². The van der Waals surface area contributed by atoms with E-state index in [4.69, 9.17) is 4.74 Å². The highest BCUT2D eigenvalue weighted by atomic mass is 19.1. The van der Waals surface area contributed by atoms with Gasteiger partial charge in [0.25, 0.3) is 11.5 Å². The first kappa shape index (κ1) is 30.8. The Balaban J connectivity index is 1.31. The van der Waals surface area contributed by atoms with Crippen LogP contribution >= 0.6 is 0 Å². The van der Waals surface area contributed by atoms with E-state index in [1.165, 1.54) is 29.0 Å². The Bertz CT molecular complexity index is 2070. The summed E-state index contributed by atoms with van der Waals surface area (Å²) in [4.78, 5) is 45.0. The molecule has 2 atom stereocenters. The number of carboxylic acids is 1. The Morgan fingerprint density at radius 2 is 1.87 bits per heavy atom. The summed E-state index contributed by atoms with van der Waals surface area (Å²) in [7, 11) is 1.59. The number of morpholine rings is 1. The predicted molar refractivity (Wildman–Crippen MR) is 165 cm³/mol. The first-order valence-corrected chi connectivity index (χ1v) is 14.6. The standard InChI is InChI=1S/C33H30F3N5O5/c1-17-16-46-11-10-40(17)21-13-24(35)29(25(36)14-21)31(42)38-26(33(44)45)15-20-5-6-22(30-37-8-9-41(20)30)28-18(2)23-12-19(34)4-7-27(23)39(3)32(28)43/h4-9,12-14,17,26H,10-11,15-16H2,1-3H3,(H,38,42)(H,44,45)/t17-,26+/m1/s1. The highest BCUT2D eigenvalue weighted by Crippen LogP contribution is 2.30. The molecule has 10 nitrogen and oxygen atoms in total. The maximum atomic E-state index is 15.1. The molecule has 238 valence electrons. The number of aryl methyl sites for hydroxylation is 2. The number of carboxylic acid groups (broad SMARTS) is 1. The summed E-state index contributed by atoms with van der Waals surface area (Å²) in [5.74, 6) is -5.34. The van der Waals surface area contributed by atoms with Gasteiger partial charge in [0.2, 0.25) is 0 Å². The van der Waals surface area contributed by atoms with Crippen LogP contribution in [0.5, 0.6) is 0 Å². The van der Waals surface area contributed by atoms with Crippen LogP contribution in [0.15, 0.2) is 59.7 Å². The zero-order chi connectivity index (χ0) is 32.9. The van der Waals surface area contributed by atoms with Crippen molar-refractivity contribution in [3.05, 3.63) is 99.5 Å². The molecule has 0 unspecified atom stereocenters. The van der Waals surface area contributed by atoms with Crippen LogP contribution in [-0.4, -0.2) is 62.8 Å². The first-order chi connectivity index (χ1) is 22.0. The zero-order valence-corrected chi connectivity index (χ0v) is 25.2. The molecule has 0 saturated carbocycles. The number of pyridine rings is 2. The van der Waals surface area contributed by atoms with Crippen LogP contribution in [0.3, 0.4) is 0 Å². The van der Waals surface area contributed by atoms with Gasteiger partial charge in [-0.05, 0) is 61.9 Å². The minimum Gasteiger partial charge on any atom is -0.480 e. The molecule has 1 amide bonds. The molecule has 4 heterocycles. The van der Waals surface area contributed by atoms with Crippen molar-refractivity contribution >= 4 is 34.1 Å². The Morgan fingerprint density at radius 3 is 2.57 bits per heavy atom. The summed E-state index contributed by atoms with van der Waals surface area (Å²) in [6.45, 7) is 4.76. The van der Waals surface area contributed by atoms with E-state index in [1.54, 1.807) is 41.6 Å². The number of aromatic nitrogens is 3. The molecular weight excluding hydrogens is 603 g/mol. The summed E-state index contributed by atoms with van der Waals surface area (Å²) in [5.41, 5.74) is 1.59. The maximum Gasteiger partial charge on any atom is 0.326 e. The normalized spacial score (nSPS) is 15.8. The average molecular weight is 634 g/mol. The first-order valence-electron chi connectivity index (χ1n) is 14.6. The molecule has 3 aromatic heterocycles. The fraction of sp³-hybridized carbons (Fsp3) is 0.273. The van der Waals surface area contributed by atoms with Crippen LogP contribution in [0.25, 0.3) is 27.7 Å². The van der Waals surface area contributed by atoms with Gasteiger partial charge in [0, 0.05) is 60.8 Å². The van der Waals surface area contributed by atoms with E-state index in [0.29, 0.717) is 58.7 Å². The van der Waals surface area contributed by atoms with Gasteiger partial charge < -0.3 is 29.0 Å². The minimum atomic E-state index is -1.57. The predicted octanol–water partition coefficient (Wildman–Crippen LogP) is 4.23. The Morgan fingerprint density at radius 1 is 1.13 bits per heavy atom. The van der Waals surface area contributed by atoms with Crippen LogP contribution in [0.4, 0.5) is 18.9 Å². The number of anilines is 1. The van der Waals surface area contributed by atoms with E-state index in [0.717, 1.165) is 12.1 Å². The lowest BCUT2D eigenvalue weighted by Crippen LogP contribution is -2.44. The highest BCUT2D eigenvalue weighted by molar-refractivity contribution is 5.97. The Labute approximate surface area is 260 Å². The summed E-state index contributed by atoms with van der Waals surface area (Å²) < 4.78 is 52.8. The number of fused-ring (bicyclic) bond motifs is 2. The molecule has 0 radical (unpaired) electrons. The fourth-order valence-electron chi connectivity index (χ4n) is 6.11. The van der Waals surface area contributed by atoms with Crippen molar-refractivity contribution < 1.29 is 32.6 Å². The number of hydrogen-bond acceptors (Lipinski definition) is 6. The number of benzene rings is 2. The van der Waals surface area contributed by atoms with Crippen molar-refractivity contribution in [1.29, 1.82) is 0 Å². The molecule has 1 aliphatic rings. The topological polar surface area (TPSA) is 118 Å². The number of rotatable bonds is 7. The van der Waals surface area contributed by atoms with Crippen LogP contribution in [-0.2, 0) is 23.0 Å². The van der Waals surface area contributed by atoms with Gasteiger partial charge in [0.15, 0.2) is 0 Å². The van der Waals surface area contributed by atoms with Gasteiger partial charge in [0.05, 0.1) is 24.3 Å². The van der Waals surface area contributed by atoms with Crippen molar-refractivity contribution in [2.45, 2.75) is 32.4 Å². The largest absolute Gasteiger partial charge is 0.480 e. The number of amides is 1.